The van der Waals surface area contributed by atoms with Crippen LogP contribution in [-0.2, 0) is 11.3 Å². The lowest BCUT2D eigenvalue weighted by molar-refractivity contribution is -0.143. The maximum atomic E-state index is 13.9. The van der Waals surface area contributed by atoms with Crippen molar-refractivity contribution in [2.24, 2.45) is 11.3 Å². The Labute approximate surface area is 225 Å². The summed E-state index contributed by atoms with van der Waals surface area (Å²) in [6, 6.07) is 14.7. The van der Waals surface area contributed by atoms with Crippen molar-refractivity contribution >= 4 is 33.4 Å². The second-order valence-electron chi connectivity index (χ2n) is 10.7. The number of hydrogen-bond acceptors (Lipinski definition) is 4. The average Bonchev–Trinajstić information content (AvgIpc) is 3.46. The summed E-state index contributed by atoms with van der Waals surface area (Å²) < 4.78 is 22.3. The van der Waals surface area contributed by atoms with Crippen LogP contribution in [0.4, 0.5) is 4.39 Å². The molecule has 0 bridgehead atoms. The molecule has 1 aliphatic rings. The third-order valence-electron chi connectivity index (χ3n) is 7.51. The van der Waals surface area contributed by atoms with E-state index in [1.54, 1.807) is 24.3 Å². The van der Waals surface area contributed by atoms with E-state index in [4.69, 9.17) is 4.74 Å². The number of thiophene rings is 1. The number of aliphatic carboxylic acids is 1. The number of ether oxygens (including phenoxy) is 1. The molecule has 1 atom stereocenters. The number of fused-ring (bicyclic) bond motifs is 1. The maximum Gasteiger partial charge on any atom is 0.306 e. The number of rotatable bonds is 9. The Morgan fingerprint density at radius 3 is 2.61 bits per heavy atom. The van der Waals surface area contributed by atoms with Gasteiger partial charge in [-0.1, -0.05) is 38.1 Å². The fraction of sp³-hybridized carbons (Fsp3) is 0.333. The molecule has 0 radical (unpaired) electrons. The Hall–Kier alpha value is -3.65. The molecule has 38 heavy (non-hydrogen) atoms. The van der Waals surface area contributed by atoms with Crippen molar-refractivity contribution in [1.82, 2.24) is 9.88 Å². The number of hydrogen-bond donors (Lipinski definition) is 2. The number of methoxy groups -OCH3 is 1. The van der Waals surface area contributed by atoms with Gasteiger partial charge in [-0.25, -0.2) is 4.39 Å². The van der Waals surface area contributed by atoms with E-state index in [1.807, 2.05) is 41.9 Å². The molecule has 5 rings (SSSR count). The molecule has 0 saturated heterocycles. The average molecular weight is 535 g/mol. The van der Waals surface area contributed by atoms with Crippen molar-refractivity contribution in [3.63, 3.8) is 0 Å². The lowest BCUT2D eigenvalue weighted by atomic mass is 9.63. The van der Waals surface area contributed by atoms with Gasteiger partial charge in [-0.3, -0.25) is 9.59 Å². The molecule has 2 aromatic carbocycles. The SMILES string of the molecule is COc1cc(F)cc(-c2ccc(Cn3ccc4scc(C(=O)NC5CC(C)(C[C@H](C)C(=O)O)C5)c43)cc2)c1. The molecule has 0 spiro atoms. The van der Waals surface area contributed by atoms with Gasteiger partial charge in [0.2, 0.25) is 0 Å². The summed E-state index contributed by atoms with van der Waals surface area (Å²) in [6.45, 7) is 4.43. The van der Waals surface area contributed by atoms with Gasteiger partial charge in [0.25, 0.3) is 5.91 Å². The van der Waals surface area contributed by atoms with Gasteiger partial charge in [-0.05, 0) is 59.6 Å². The fourth-order valence-corrected chi connectivity index (χ4v) is 6.58. The smallest absolute Gasteiger partial charge is 0.306 e. The van der Waals surface area contributed by atoms with Gasteiger partial charge in [-0.15, -0.1) is 11.3 Å². The van der Waals surface area contributed by atoms with E-state index in [0.29, 0.717) is 24.3 Å². The molecule has 2 aromatic heterocycles. The predicted octanol–water partition coefficient (Wildman–Crippen LogP) is 6.58. The second-order valence-corrected chi connectivity index (χ2v) is 11.6. The molecule has 198 valence electrons. The summed E-state index contributed by atoms with van der Waals surface area (Å²) in [5.74, 6) is -1.12. The number of halogens is 1. The van der Waals surface area contributed by atoms with Crippen LogP contribution >= 0.6 is 11.3 Å². The van der Waals surface area contributed by atoms with Crippen LogP contribution in [0, 0.1) is 17.2 Å². The molecule has 4 aromatic rings. The monoisotopic (exact) mass is 534 g/mol. The second kappa shape index (κ2) is 10.3. The molecular weight excluding hydrogens is 503 g/mol. The van der Waals surface area contributed by atoms with Crippen LogP contribution in [0.3, 0.4) is 0 Å². The van der Waals surface area contributed by atoms with Gasteiger partial charge >= 0.3 is 5.97 Å². The molecule has 8 heteroatoms. The first-order chi connectivity index (χ1) is 18.1. The molecule has 1 aliphatic carbocycles. The highest BCUT2D eigenvalue weighted by molar-refractivity contribution is 7.17. The van der Waals surface area contributed by atoms with Gasteiger partial charge in [-0.2, -0.15) is 0 Å². The first kappa shape index (κ1) is 26.0. The molecule has 1 amide bonds. The standard InChI is InChI=1S/C30H31FN2O4S/c1-18(29(35)36)13-30(2)14-23(15-30)32-28(34)25-17-38-26-8-9-33(27(25)26)16-19-4-6-20(7-5-19)21-10-22(31)12-24(11-21)37-3/h4-12,17-18,23H,13-16H2,1-3H3,(H,32,34)(H,35,36)/t18-,23?,30?/m0/s1. The normalized spacial score (nSPS) is 19.6. The van der Waals surface area contributed by atoms with Crippen LogP contribution in [0.1, 0.15) is 49.0 Å². The lowest BCUT2D eigenvalue weighted by Gasteiger charge is -2.46. The summed E-state index contributed by atoms with van der Waals surface area (Å²) in [5, 5.41) is 14.3. The van der Waals surface area contributed by atoms with Gasteiger partial charge < -0.3 is 19.7 Å². The van der Waals surface area contributed by atoms with Gasteiger partial charge in [0.15, 0.2) is 0 Å². The Morgan fingerprint density at radius 1 is 1.18 bits per heavy atom. The molecule has 2 N–H and O–H groups in total. The summed E-state index contributed by atoms with van der Waals surface area (Å²) in [7, 11) is 1.52. The molecular formula is C30H31FN2O4S. The number of carboxylic acids is 1. The molecule has 2 heterocycles. The van der Waals surface area contributed by atoms with Crippen LogP contribution in [0.2, 0.25) is 0 Å². The van der Waals surface area contributed by atoms with Crippen molar-refractivity contribution in [3.8, 4) is 16.9 Å². The third-order valence-corrected chi connectivity index (χ3v) is 8.45. The molecule has 1 saturated carbocycles. The van der Waals surface area contributed by atoms with E-state index in [-0.39, 0.29) is 29.1 Å². The van der Waals surface area contributed by atoms with E-state index in [2.05, 4.69) is 16.8 Å². The molecule has 0 aliphatic heterocycles. The van der Waals surface area contributed by atoms with Crippen molar-refractivity contribution < 1.29 is 23.8 Å². The Bertz CT molecular complexity index is 1480. The minimum Gasteiger partial charge on any atom is -0.497 e. The third kappa shape index (κ3) is 5.31. The van der Waals surface area contributed by atoms with Crippen LogP contribution in [0.25, 0.3) is 21.3 Å². The summed E-state index contributed by atoms with van der Waals surface area (Å²) in [4.78, 5) is 24.4. The Kier molecular flexibility index (Phi) is 7.01. The Morgan fingerprint density at radius 2 is 1.92 bits per heavy atom. The number of nitrogens with one attached hydrogen (secondary N) is 1. The van der Waals surface area contributed by atoms with E-state index >= 15 is 0 Å². The fourth-order valence-electron chi connectivity index (χ4n) is 5.64. The molecule has 6 nitrogen and oxygen atoms in total. The zero-order valence-corrected chi connectivity index (χ0v) is 22.5. The zero-order valence-electron chi connectivity index (χ0n) is 21.7. The van der Waals surface area contributed by atoms with Crippen molar-refractivity contribution in [1.29, 1.82) is 0 Å². The number of carbonyl (C=O) groups excluding carboxylic acids is 1. The van der Waals surface area contributed by atoms with Gasteiger partial charge in [0, 0.05) is 30.2 Å². The highest BCUT2D eigenvalue weighted by atomic mass is 32.1. The zero-order chi connectivity index (χ0) is 27.0. The number of benzene rings is 2. The number of nitrogens with zero attached hydrogens (tertiary/aromatic N) is 1. The largest absolute Gasteiger partial charge is 0.497 e. The highest BCUT2D eigenvalue weighted by Gasteiger charge is 2.42. The van der Waals surface area contributed by atoms with Gasteiger partial charge in [0.1, 0.15) is 11.6 Å². The highest BCUT2D eigenvalue weighted by Crippen LogP contribution is 2.46. The van der Waals surface area contributed by atoms with Crippen LogP contribution < -0.4 is 10.1 Å². The van der Waals surface area contributed by atoms with Crippen molar-refractivity contribution in [2.75, 3.05) is 7.11 Å². The minimum atomic E-state index is -0.774. The number of amides is 1. The van der Waals surface area contributed by atoms with E-state index < -0.39 is 5.97 Å². The number of carboxylic acid groups (broad SMARTS) is 1. The van der Waals surface area contributed by atoms with Crippen molar-refractivity contribution in [3.05, 3.63) is 77.1 Å². The summed E-state index contributed by atoms with van der Waals surface area (Å²) in [5.41, 5.74) is 4.22. The first-order valence-corrected chi connectivity index (χ1v) is 13.6. The quantitative estimate of drug-likeness (QED) is 0.254. The predicted molar refractivity (Wildman–Crippen MR) is 147 cm³/mol. The Balaban J connectivity index is 1.27. The van der Waals surface area contributed by atoms with Crippen LogP contribution in [-0.4, -0.2) is 34.7 Å². The maximum absolute atomic E-state index is 13.9. The number of carbonyl (C=O) groups is 2. The van der Waals surface area contributed by atoms with E-state index in [1.165, 1.54) is 19.2 Å². The van der Waals surface area contributed by atoms with Crippen LogP contribution in [0.5, 0.6) is 5.75 Å². The minimum absolute atomic E-state index is 0.0528. The first-order valence-electron chi connectivity index (χ1n) is 12.7. The topological polar surface area (TPSA) is 80.6 Å². The van der Waals surface area contributed by atoms with Gasteiger partial charge in [0.05, 0.1) is 28.8 Å². The van der Waals surface area contributed by atoms with Crippen molar-refractivity contribution in [2.45, 2.75) is 45.7 Å². The van der Waals surface area contributed by atoms with Crippen LogP contribution in [0.15, 0.2) is 60.1 Å². The lowest BCUT2D eigenvalue weighted by Crippen LogP contribution is -2.50. The molecule has 1 fully saturated rings. The summed E-state index contributed by atoms with van der Waals surface area (Å²) in [6.07, 6.45) is 4.19. The molecule has 0 unspecified atom stereocenters. The summed E-state index contributed by atoms with van der Waals surface area (Å²) >= 11 is 1.55. The number of aromatic nitrogens is 1. The van der Waals surface area contributed by atoms with E-state index in [9.17, 15) is 19.1 Å². The van der Waals surface area contributed by atoms with E-state index in [0.717, 1.165) is 39.7 Å².